The number of hydrogen-bond acceptors (Lipinski definition) is 4. The molecular weight excluding hydrogens is 318 g/mol. The van der Waals surface area contributed by atoms with Gasteiger partial charge < -0.3 is 5.32 Å². The fourth-order valence-electron chi connectivity index (χ4n) is 2.67. The van der Waals surface area contributed by atoms with Gasteiger partial charge in [-0.1, -0.05) is 35.1 Å². The van der Waals surface area contributed by atoms with Gasteiger partial charge in [-0.2, -0.15) is 0 Å². The molecule has 0 aliphatic rings. The van der Waals surface area contributed by atoms with Crippen molar-refractivity contribution in [3.8, 4) is 21.7 Å². The molecule has 1 aromatic carbocycles. The highest BCUT2D eigenvalue weighted by atomic mass is 32.1. The molecule has 0 fully saturated rings. The van der Waals surface area contributed by atoms with Gasteiger partial charge in [-0.25, -0.2) is 4.98 Å². The second-order valence-electron chi connectivity index (χ2n) is 5.89. The number of carbonyl (C=O) groups excluding carboxylic acids is 1. The molecule has 0 atom stereocenters. The van der Waals surface area contributed by atoms with Gasteiger partial charge in [0, 0.05) is 23.9 Å². The monoisotopic (exact) mass is 337 g/mol. The molecule has 2 aromatic heterocycles. The number of carbonyl (C=O) groups is 1. The van der Waals surface area contributed by atoms with Crippen molar-refractivity contribution in [1.29, 1.82) is 0 Å². The number of hydrogen-bond donors (Lipinski definition) is 1. The van der Waals surface area contributed by atoms with Crippen LogP contribution in [0.3, 0.4) is 0 Å². The molecule has 1 N–H and O–H groups in total. The molecule has 0 saturated heterocycles. The Morgan fingerprint density at radius 2 is 1.71 bits per heavy atom. The second-order valence-corrected chi connectivity index (χ2v) is 6.89. The van der Waals surface area contributed by atoms with Crippen molar-refractivity contribution in [3.63, 3.8) is 0 Å². The van der Waals surface area contributed by atoms with E-state index in [0.29, 0.717) is 5.13 Å². The van der Waals surface area contributed by atoms with Crippen LogP contribution in [0.1, 0.15) is 23.9 Å². The van der Waals surface area contributed by atoms with Crippen LogP contribution in [-0.2, 0) is 4.79 Å². The van der Waals surface area contributed by atoms with E-state index in [4.69, 9.17) is 0 Å². The van der Waals surface area contributed by atoms with Crippen molar-refractivity contribution in [1.82, 2.24) is 9.97 Å². The Morgan fingerprint density at radius 1 is 1.00 bits per heavy atom. The van der Waals surface area contributed by atoms with Crippen LogP contribution in [0.2, 0.25) is 0 Å². The maximum Gasteiger partial charge on any atom is 0.223 e. The number of nitrogens with zero attached hydrogens (tertiary/aromatic N) is 2. The van der Waals surface area contributed by atoms with Crippen LogP contribution in [-0.4, -0.2) is 15.9 Å². The van der Waals surface area contributed by atoms with Gasteiger partial charge in [-0.3, -0.25) is 9.78 Å². The summed E-state index contributed by atoms with van der Waals surface area (Å²) in [6.07, 6.45) is 0. The normalized spacial score (nSPS) is 10.7. The fraction of sp³-hybridized carbons (Fsp3) is 0.211. The average molecular weight is 337 g/mol. The Kier molecular flexibility index (Phi) is 4.44. The molecule has 2 heterocycles. The summed E-state index contributed by atoms with van der Waals surface area (Å²) in [5.74, 6) is -0.117. The minimum absolute atomic E-state index is 0.117. The second kappa shape index (κ2) is 6.53. The molecule has 0 aliphatic heterocycles. The summed E-state index contributed by atoms with van der Waals surface area (Å²) >= 11 is 1.49. The van der Waals surface area contributed by atoms with Crippen molar-refractivity contribution in [2.45, 2.75) is 27.7 Å². The van der Waals surface area contributed by atoms with Crippen molar-refractivity contribution >= 4 is 22.4 Å². The van der Waals surface area contributed by atoms with Crippen molar-refractivity contribution in [2.75, 3.05) is 5.32 Å². The molecule has 0 unspecified atom stereocenters. The standard InChI is InChI=1S/C19H19N3OS/c1-11-6-5-7-15(8-11)17-18(24-19(22-17)21-14(4)23)16-9-12(2)20-13(3)10-16/h5-10H,1-4H3,(H,21,22,23). The highest BCUT2D eigenvalue weighted by Gasteiger charge is 2.16. The summed E-state index contributed by atoms with van der Waals surface area (Å²) in [6, 6.07) is 12.3. The lowest BCUT2D eigenvalue weighted by Gasteiger charge is -2.06. The largest absolute Gasteiger partial charge is 0.302 e. The average Bonchev–Trinajstić information content (AvgIpc) is 2.89. The molecule has 1 amide bonds. The van der Waals surface area contributed by atoms with Gasteiger partial charge in [0.25, 0.3) is 0 Å². The fourth-order valence-corrected chi connectivity index (χ4v) is 3.69. The SMILES string of the molecule is CC(=O)Nc1nc(-c2cccc(C)c2)c(-c2cc(C)nc(C)c2)s1. The number of thiazole rings is 1. The van der Waals surface area contributed by atoms with Gasteiger partial charge in [0.1, 0.15) is 0 Å². The third kappa shape index (κ3) is 3.51. The quantitative estimate of drug-likeness (QED) is 0.750. The maximum atomic E-state index is 11.4. The van der Waals surface area contributed by atoms with Gasteiger partial charge in [0.05, 0.1) is 10.6 Å². The number of anilines is 1. The van der Waals surface area contributed by atoms with E-state index >= 15 is 0 Å². The van der Waals surface area contributed by atoms with Crippen LogP contribution in [0.5, 0.6) is 0 Å². The molecule has 3 aromatic rings. The first-order chi connectivity index (χ1) is 11.4. The molecule has 24 heavy (non-hydrogen) atoms. The first kappa shape index (κ1) is 16.3. The lowest BCUT2D eigenvalue weighted by Crippen LogP contribution is -2.04. The molecule has 4 nitrogen and oxygen atoms in total. The summed E-state index contributed by atoms with van der Waals surface area (Å²) < 4.78 is 0. The van der Waals surface area contributed by atoms with Gasteiger partial charge in [0.15, 0.2) is 5.13 Å². The molecule has 5 heteroatoms. The maximum absolute atomic E-state index is 11.4. The summed E-state index contributed by atoms with van der Waals surface area (Å²) in [5.41, 5.74) is 6.12. The molecule has 0 saturated carbocycles. The number of benzene rings is 1. The molecule has 3 rings (SSSR count). The zero-order valence-electron chi connectivity index (χ0n) is 14.2. The summed E-state index contributed by atoms with van der Waals surface area (Å²) in [6.45, 7) is 7.52. The number of amides is 1. The van der Waals surface area contributed by atoms with Gasteiger partial charge in [-0.15, -0.1) is 0 Å². The Hall–Kier alpha value is -2.53. The van der Waals surface area contributed by atoms with E-state index in [9.17, 15) is 4.79 Å². The zero-order chi connectivity index (χ0) is 17.3. The molecule has 0 spiro atoms. The van der Waals surface area contributed by atoms with Crippen LogP contribution in [0.4, 0.5) is 5.13 Å². The van der Waals surface area contributed by atoms with Gasteiger partial charge in [-0.05, 0) is 44.5 Å². The summed E-state index contributed by atoms with van der Waals surface area (Å²) in [7, 11) is 0. The van der Waals surface area contributed by atoms with E-state index in [-0.39, 0.29) is 5.91 Å². The Balaban J connectivity index is 2.19. The molecule has 122 valence electrons. The summed E-state index contributed by atoms with van der Waals surface area (Å²) in [4.78, 5) is 21.6. The van der Waals surface area contributed by atoms with E-state index < -0.39 is 0 Å². The lowest BCUT2D eigenvalue weighted by atomic mass is 10.0. The lowest BCUT2D eigenvalue weighted by molar-refractivity contribution is -0.114. The van der Waals surface area contributed by atoms with Crippen molar-refractivity contribution in [2.24, 2.45) is 0 Å². The minimum Gasteiger partial charge on any atom is -0.302 e. The molecule has 0 aliphatic carbocycles. The van der Waals surface area contributed by atoms with Crippen molar-refractivity contribution in [3.05, 3.63) is 53.3 Å². The number of pyridine rings is 1. The topological polar surface area (TPSA) is 54.9 Å². The third-order valence-corrected chi connectivity index (χ3v) is 4.57. The number of aromatic nitrogens is 2. The van der Waals surface area contributed by atoms with Crippen LogP contribution < -0.4 is 5.32 Å². The van der Waals surface area contributed by atoms with Crippen LogP contribution in [0, 0.1) is 20.8 Å². The highest BCUT2D eigenvalue weighted by molar-refractivity contribution is 7.19. The van der Waals surface area contributed by atoms with E-state index in [1.54, 1.807) is 0 Å². The predicted octanol–water partition coefficient (Wildman–Crippen LogP) is 4.76. The van der Waals surface area contributed by atoms with Crippen LogP contribution in [0.25, 0.3) is 21.7 Å². The van der Waals surface area contributed by atoms with Crippen LogP contribution >= 0.6 is 11.3 Å². The zero-order valence-corrected chi connectivity index (χ0v) is 15.0. The first-order valence-corrected chi connectivity index (χ1v) is 8.55. The smallest absolute Gasteiger partial charge is 0.223 e. The Bertz CT molecular complexity index is 894. The van der Waals surface area contributed by atoms with E-state index in [2.05, 4.69) is 46.5 Å². The third-order valence-electron chi connectivity index (χ3n) is 3.55. The number of aryl methyl sites for hydroxylation is 3. The van der Waals surface area contributed by atoms with Gasteiger partial charge >= 0.3 is 0 Å². The Labute approximate surface area is 145 Å². The molecular formula is C19H19N3OS. The van der Waals surface area contributed by atoms with Crippen LogP contribution in [0.15, 0.2) is 36.4 Å². The van der Waals surface area contributed by atoms with Crippen molar-refractivity contribution < 1.29 is 4.79 Å². The molecule has 0 radical (unpaired) electrons. The number of rotatable bonds is 3. The van der Waals surface area contributed by atoms with Gasteiger partial charge in [0.2, 0.25) is 5.91 Å². The first-order valence-electron chi connectivity index (χ1n) is 7.73. The highest BCUT2D eigenvalue weighted by Crippen LogP contribution is 2.39. The summed E-state index contributed by atoms with van der Waals surface area (Å²) in [5, 5.41) is 3.41. The number of nitrogens with one attached hydrogen (secondary N) is 1. The Morgan fingerprint density at radius 3 is 2.33 bits per heavy atom. The van der Waals surface area contributed by atoms with E-state index in [1.807, 2.05) is 26.0 Å². The molecule has 0 bridgehead atoms. The van der Waals surface area contributed by atoms with E-state index in [1.165, 1.54) is 23.8 Å². The predicted molar refractivity (Wildman–Crippen MR) is 99.3 cm³/mol. The van der Waals surface area contributed by atoms with E-state index in [0.717, 1.165) is 33.1 Å². The minimum atomic E-state index is -0.117.